The molecule has 0 radical (unpaired) electrons. The van der Waals surface area contributed by atoms with Crippen molar-refractivity contribution in [3.63, 3.8) is 0 Å². The van der Waals surface area contributed by atoms with E-state index in [1.54, 1.807) is 33.0 Å². The maximum atomic E-state index is 13.4. The van der Waals surface area contributed by atoms with Crippen LogP contribution in [0.2, 0.25) is 0 Å². The Hall–Kier alpha value is -3.25. The molecule has 3 aromatic rings. The Balaban J connectivity index is 1.42. The molecule has 174 valence electrons. The first kappa shape index (κ1) is 21.6. The van der Waals surface area contributed by atoms with E-state index in [2.05, 4.69) is 32.7 Å². The van der Waals surface area contributed by atoms with Gasteiger partial charge in [0.1, 0.15) is 16.3 Å². The van der Waals surface area contributed by atoms with Gasteiger partial charge in [-0.15, -0.1) is 11.3 Å². The van der Waals surface area contributed by atoms with Crippen molar-refractivity contribution in [1.82, 2.24) is 34.7 Å². The van der Waals surface area contributed by atoms with Gasteiger partial charge >= 0.3 is 6.09 Å². The molecule has 2 aliphatic rings. The normalized spacial score (nSPS) is 19.8. The van der Waals surface area contributed by atoms with Gasteiger partial charge in [-0.05, 0) is 32.9 Å². The molecule has 0 aromatic carbocycles. The van der Waals surface area contributed by atoms with Crippen LogP contribution in [0.3, 0.4) is 0 Å². The number of anilines is 1. The number of nitrogens with zero attached hydrogens (tertiary/aromatic N) is 6. The van der Waals surface area contributed by atoms with Gasteiger partial charge in [0.05, 0.1) is 11.8 Å². The lowest BCUT2D eigenvalue weighted by atomic mass is 10.0. The van der Waals surface area contributed by atoms with Crippen molar-refractivity contribution >= 4 is 34.0 Å². The summed E-state index contributed by atoms with van der Waals surface area (Å²) < 4.78 is 1.77. The van der Waals surface area contributed by atoms with E-state index >= 15 is 0 Å². The fourth-order valence-electron chi connectivity index (χ4n) is 4.46. The highest BCUT2D eigenvalue weighted by molar-refractivity contribution is 7.16. The second-order valence-corrected chi connectivity index (χ2v) is 9.48. The molecule has 5 heterocycles. The van der Waals surface area contributed by atoms with Crippen LogP contribution in [0.25, 0.3) is 16.2 Å². The predicted molar refractivity (Wildman–Crippen MR) is 124 cm³/mol. The molecule has 2 saturated heterocycles. The zero-order chi connectivity index (χ0) is 22.9. The van der Waals surface area contributed by atoms with E-state index in [1.165, 1.54) is 0 Å². The minimum absolute atomic E-state index is 0.136. The standard InChI is InChI=1S/C21H26N8O3S/c1-27-5-2-14(12-27)23-17-10-16(19(30)28-6-3-13(4-7-28)24-21(31)32)25-18(26-17)15-11-22-29-8-9-33-20(15)29/h8-11,13-14,24H,2-7,12H2,1H3,(H,31,32)(H,23,25,26)/t14-/m1/s1. The Morgan fingerprint density at radius 1 is 1.15 bits per heavy atom. The van der Waals surface area contributed by atoms with Crippen molar-refractivity contribution in [3.05, 3.63) is 29.5 Å². The second-order valence-electron chi connectivity index (χ2n) is 8.58. The van der Waals surface area contributed by atoms with Crippen molar-refractivity contribution < 1.29 is 14.7 Å². The highest BCUT2D eigenvalue weighted by Gasteiger charge is 2.27. The van der Waals surface area contributed by atoms with Crippen LogP contribution in [0.1, 0.15) is 29.8 Å². The summed E-state index contributed by atoms with van der Waals surface area (Å²) in [5.41, 5.74) is 1.12. The van der Waals surface area contributed by atoms with Crippen molar-refractivity contribution in [2.24, 2.45) is 0 Å². The number of carbonyl (C=O) groups is 2. The molecule has 2 aliphatic heterocycles. The van der Waals surface area contributed by atoms with Crippen molar-refractivity contribution in [1.29, 1.82) is 0 Å². The number of hydrogen-bond acceptors (Lipinski definition) is 8. The molecule has 12 heteroatoms. The minimum atomic E-state index is -1.03. The van der Waals surface area contributed by atoms with Crippen molar-refractivity contribution in [2.75, 3.05) is 38.5 Å². The number of likely N-dealkylation sites (N-methyl/N-ethyl adjacent to an activating group) is 1. The Labute approximate surface area is 194 Å². The Morgan fingerprint density at radius 3 is 2.67 bits per heavy atom. The fourth-order valence-corrected chi connectivity index (χ4v) is 5.25. The van der Waals surface area contributed by atoms with Crippen LogP contribution in [0.15, 0.2) is 23.8 Å². The molecule has 0 saturated carbocycles. The molecule has 2 fully saturated rings. The topological polar surface area (TPSA) is 128 Å². The van der Waals surface area contributed by atoms with E-state index < -0.39 is 6.09 Å². The molecule has 0 bridgehead atoms. The molecular weight excluding hydrogens is 444 g/mol. The lowest BCUT2D eigenvalue weighted by molar-refractivity contribution is 0.0700. The van der Waals surface area contributed by atoms with E-state index in [-0.39, 0.29) is 18.0 Å². The molecular formula is C21H26N8O3S. The molecule has 3 N–H and O–H groups in total. The lowest BCUT2D eigenvalue weighted by Gasteiger charge is -2.31. The minimum Gasteiger partial charge on any atom is -0.465 e. The smallest absolute Gasteiger partial charge is 0.404 e. The summed E-state index contributed by atoms with van der Waals surface area (Å²) in [6, 6.07) is 1.84. The van der Waals surface area contributed by atoms with Gasteiger partial charge in [-0.3, -0.25) is 4.79 Å². The fraction of sp³-hybridized carbons (Fsp3) is 0.476. The van der Waals surface area contributed by atoms with Gasteiger partial charge in [0.15, 0.2) is 5.82 Å². The van der Waals surface area contributed by atoms with E-state index in [0.717, 1.165) is 29.9 Å². The lowest BCUT2D eigenvalue weighted by Crippen LogP contribution is -2.46. The first-order chi connectivity index (χ1) is 16.0. The molecule has 2 amide bonds. The Bertz CT molecular complexity index is 1170. The molecule has 5 rings (SSSR count). The number of carboxylic acid groups (broad SMARTS) is 1. The maximum Gasteiger partial charge on any atom is 0.404 e. The van der Waals surface area contributed by atoms with Gasteiger partial charge in [-0.2, -0.15) is 5.10 Å². The number of hydrogen-bond donors (Lipinski definition) is 3. The number of carbonyl (C=O) groups excluding carboxylic acids is 1. The molecule has 1 atom stereocenters. The van der Waals surface area contributed by atoms with Crippen molar-refractivity contribution in [3.8, 4) is 11.4 Å². The van der Waals surface area contributed by atoms with Crippen LogP contribution in [0.5, 0.6) is 0 Å². The van der Waals surface area contributed by atoms with Crippen LogP contribution in [0, 0.1) is 0 Å². The monoisotopic (exact) mass is 470 g/mol. The van der Waals surface area contributed by atoms with E-state index in [4.69, 9.17) is 10.1 Å². The Morgan fingerprint density at radius 2 is 1.94 bits per heavy atom. The number of thiazole rings is 1. The van der Waals surface area contributed by atoms with Crippen LogP contribution >= 0.6 is 11.3 Å². The van der Waals surface area contributed by atoms with Crippen LogP contribution in [-0.4, -0.2) is 91.8 Å². The summed E-state index contributed by atoms with van der Waals surface area (Å²) in [6.45, 7) is 2.88. The molecule has 0 spiro atoms. The first-order valence-electron chi connectivity index (χ1n) is 11.0. The number of likely N-dealkylation sites (tertiary alicyclic amines) is 2. The third kappa shape index (κ3) is 4.62. The van der Waals surface area contributed by atoms with Gasteiger partial charge in [0.2, 0.25) is 0 Å². The molecule has 0 unspecified atom stereocenters. The number of amides is 2. The molecule has 11 nitrogen and oxygen atoms in total. The zero-order valence-electron chi connectivity index (χ0n) is 18.3. The van der Waals surface area contributed by atoms with E-state index in [0.29, 0.717) is 43.3 Å². The third-order valence-electron chi connectivity index (χ3n) is 6.17. The highest BCUT2D eigenvalue weighted by Crippen LogP contribution is 2.27. The van der Waals surface area contributed by atoms with Gasteiger partial charge in [-0.25, -0.2) is 19.3 Å². The van der Waals surface area contributed by atoms with Crippen LogP contribution < -0.4 is 10.6 Å². The Kier molecular flexibility index (Phi) is 5.85. The summed E-state index contributed by atoms with van der Waals surface area (Å²) in [5, 5.41) is 21.2. The highest BCUT2D eigenvalue weighted by atomic mass is 32.1. The number of rotatable bonds is 5. The summed E-state index contributed by atoms with van der Waals surface area (Å²) in [7, 11) is 2.09. The number of aromatic nitrogens is 4. The summed E-state index contributed by atoms with van der Waals surface area (Å²) in [6.07, 6.45) is 4.73. The average Bonchev–Trinajstić information content (AvgIpc) is 3.51. The van der Waals surface area contributed by atoms with Crippen LogP contribution in [-0.2, 0) is 0 Å². The summed E-state index contributed by atoms with van der Waals surface area (Å²) in [5.74, 6) is 0.921. The summed E-state index contributed by atoms with van der Waals surface area (Å²) in [4.78, 5) is 38.5. The maximum absolute atomic E-state index is 13.4. The molecule has 0 aliphatic carbocycles. The molecule has 33 heavy (non-hydrogen) atoms. The van der Waals surface area contributed by atoms with E-state index in [9.17, 15) is 9.59 Å². The third-order valence-corrected chi connectivity index (χ3v) is 7.06. The number of nitrogens with one attached hydrogen (secondary N) is 2. The summed E-state index contributed by atoms with van der Waals surface area (Å²) >= 11 is 1.54. The van der Waals surface area contributed by atoms with Crippen LogP contribution in [0.4, 0.5) is 10.6 Å². The van der Waals surface area contributed by atoms with Gasteiger partial charge in [0.25, 0.3) is 5.91 Å². The largest absolute Gasteiger partial charge is 0.465 e. The number of piperidine rings is 1. The van der Waals surface area contributed by atoms with Crippen molar-refractivity contribution in [2.45, 2.75) is 31.3 Å². The van der Waals surface area contributed by atoms with Gasteiger partial charge in [0, 0.05) is 49.4 Å². The predicted octanol–water partition coefficient (Wildman–Crippen LogP) is 1.84. The average molecular weight is 471 g/mol. The second kappa shape index (κ2) is 8.94. The van der Waals surface area contributed by atoms with Gasteiger partial charge in [-0.1, -0.05) is 0 Å². The number of fused-ring (bicyclic) bond motifs is 1. The zero-order valence-corrected chi connectivity index (χ0v) is 19.1. The quantitative estimate of drug-likeness (QED) is 0.515. The first-order valence-corrected chi connectivity index (χ1v) is 11.9. The SMILES string of the molecule is CN1CC[C@@H](Nc2cc(C(=O)N3CCC(NC(=O)O)CC3)nc(-c3cnn4ccsc34)n2)C1. The van der Waals surface area contributed by atoms with Gasteiger partial charge < -0.3 is 25.5 Å². The van der Waals surface area contributed by atoms with E-state index in [1.807, 2.05) is 11.6 Å². The molecule has 3 aromatic heterocycles.